The number of rotatable bonds is 5. The monoisotopic (exact) mass is 408 g/mol. The summed E-state index contributed by atoms with van der Waals surface area (Å²) < 4.78 is 45.4. The Morgan fingerprint density at radius 2 is 1.86 bits per heavy atom. The maximum absolute atomic E-state index is 13.6. The average Bonchev–Trinajstić information content (AvgIpc) is 3.49. The summed E-state index contributed by atoms with van der Waals surface area (Å²) in [7, 11) is 1.10. The minimum atomic E-state index is -4.89. The van der Waals surface area contributed by atoms with Crippen molar-refractivity contribution >= 4 is 11.9 Å². The second-order valence-electron chi connectivity index (χ2n) is 6.67. The molecular formula is C20H19F3N2O4. The molecule has 0 saturated heterocycles. The predicted octanol–water partition coefficient (Wildman–Crippen LogP) is 3.93. The summed E-state index contributed by atoms with van der Waals surface area (Å²) in [5, 5.41) is 12.6. The molecule has 9 heteroatoms. The number of ether oxygens (including phenoxy) is 1. The van der Waals surface area contributed by atoms with E-state index in [1.54, 1.807) is 30.3 Å². The Morgan fingerprint density at radius 3 is 2.41 bits per heavy atom. The standard InChI is InChI=1S/C20H19F3N2O4/c1-29-17-10-15(20(21,22)23)14(9-16(17)26)18(27)25(19(28)24-13-7-8-13)11-12-5-3-2-4-6-12/h2-6,9-10,13,26H,7-8,11H2,1H3,(H,24,28). The van der Waals surface area contributed by atoms with Crippen LogP contribution in [0.4, 0.5) is 18.0 Å². The van der Waals surface area contributed by atoms with Gasteiger partial charge in [-0.15, -0.1) is 0 Å². The number of urea groups is 1. The zero-order chi connectivity index (χ0) is 21.2. The predicted molar refractivity (Wildman–Crippen MR) is 97.5 cm³/mol. The highest BCUT2D eigenvalue weighted by atomic mass is 19.4. The molecule has 0 spiro atoms. The van der Waals surface area contributed by atoms with Crippen LogP contribution in [0.15, 0.2) is 42.5 Å². The van der Waals surface area contributed by atoms with Crippen molar-refractivity contribution in [3.8, 4) is 11.5 Å². The van der Waals surface area contributed by atoms with Crippen LogP contribution < -0.4 is 10.1 Å². The lowest BCUT2D eigenvalue weighted by atomic mass is 10.0. The minimum absolute atomic E-state index is 0.0973. The van der Waals surface area contributed by atoms with Gasteiger partial charge >= 0.3 is 12.2 Å². The van der Waals surface area contributed by atoms with E-state index in [2.05, 4.69) is 5.32 Å². The highest BCUT2D eigenvalue weighted by Crippen LogP contribution is 2.39. The van der Waals surface area contributed by atoms with E-state index in [9.17, 15) is 27.9 Å². The number of alkyl halides is 3. The Labute approximate surface area is 164 Å². The zero-order valence-corrected chi connectivity index (χ0v) is 15.5. The first kappa shape index (κ1) is 20.5. The molecule has 0 aromatic heterocycles. The Morgan fingerprint density at radius 1 is 1.21 bits per heavy atom. The van der Waals surface area contributed by atoms with Gasteiger partial charge in [0.05, 0.1) is 24.8 Å². The van der Waals surface area contributed by atoms with Crippen molar-refractivity contribution in [2.75, 3.05) is 7.11 Å². The van der Waals surface area contributed by atoms with Crippen molar-refractivity contribution in [2.24, 2.45) is 0 Å². The van der Waals surface area contributed by atoms with E-state index in [0.717, 1.165) is 20.0 Å². The van der Waals surface area contributed by atoms with Gasteiger partial charge in [-0.3, -0.25) is 9.69 Å². The highest BCUT2D eigenvalue weighted by molar-refractivity contribution is 6.05. The first-order valence-corrected chi connectivity index (χ1v) is 8.85. The van der Waals surface area contributed by atoms with Gasteiger partial charge in [0.2, 0.25) is 0 Å². The van der Waals surface area contributed by atoms with E-state index in [-0.39, 0.29) is 12.6 Å². The fraction of sp³-hybridized carbons (Fsp3) is 0.300. The fourth-order valence-corrected chi connectivity index (χ4v) is 2.77. The molecule has 0 heterocycles. The Kier molecular flexibility index (Phi) is 5.67. The van der Waals surface area contributed by atoms with E-state index >= 15 is 0 Å². The van der Waals surface area contributed by atoms with Crippen LogP contribution >= 0.6 is 0 Å². The summed E-state index contributed by atoms with van der Waals surface area (Å²) in [6.07, 6.45) is -3.40. The molecule has 1 saturated carbocycles. The van der Waals surface area contributed by atoms with Crippen LogP contribution in [0.25, 0.3) is 0 Å². The van der Waals surface area contributed by atoms with Gasteiger partial charge in [0.1, 0.15) is 0 Å². The number of nitrogens with one attached hydrogen (secondary N) is 1. The molecule has 6 nitrogen and oxygen atoms in total. The van der Waals surface area contributed by atoms with Crippen molar-refractivity contribution in [1.29, 1.82) is 0 Å². The summed E-state index contributed by atoms with van der Waals surface area (Å²) >= 11 is 0. The number of phenolic OH excluding ortho intramolecular Hbond substituents is 1. The minimum Gasteiger partial charge on any atom is -0.504 e. The van der Waals surface area contributed by atoms with Crippen LogP contribution in [0.2, 0.25) is 0 Å². The molecule has 0 unspecified atom stereocenters. The number of methoxy groups -OCH3 is 1. The summed E-state index contributed by atoms with van der Waals surface area (Å²) in [6, 6.07) is 8.76. The number of hydrogen-bond donors (Lipinski definition) is 2. The Hall–Kier alpha value is -3.23. The lowest BCUT2D eigenvalue weighted by Crippen LogP contribution is -2.44. The van der Waals surface area contributed by atoms with Gasteiger partial charge < -0.3 is 15.2 Å². The van der Waals surface area contributed by atoms with Crippen LogP contribution in [0.3, 0.4) is 0 Å². The van der Waals surface area contributed by atoms with Crippen molar-refractivity contribution in [3.63, 3.8) is 0 Å². The molecule has 1 fully saturated rings. The zero-order valence-electron chi connectivity index (χ0n) is 15.5. The van der Waals surface area contributed by atoms with E-state index in [4.69, 9.17) is 4.74 Å². The molecule has 29 heavy (non-hydrogen) atoms. The van der Waals surface area contributed by atoms with E-state index in [1.165, 1.54) is 0 Å². The van der Waals surface area contributed by atoms with Crippen molar-refractivity contribution in [1.82, 2.24) is 10.2 Å². The van der Waals surface area contributed by atoms with Gasteiger partial charge in [-0.05, 0) is 30.5 Å². The molecule has 0 atom stereocenters. The molecule has 0 bridgehead atoms. The van der Waals surface area contributed by atoms with Crippen LogP contribution in [0.1, 0.15) is 34.3 Å². The number of imide groups is 1. The summed E-state index contributed by atoms with van der Waals surface area (Å²) in [4.78, 5) is 26.3. The van der Waals surface area contributed by atoms with Crippen molar-refractivity contribution in [2.45, 2.75) is 31.6 Å². The molecule has 0 radical (unpaired) electrons. The van der Waals surface area contributed by atoms with E-state index in [0.29, 0.717) is 22.6 Å². The van der Waals surface area contributed by atoms with Crippen molar-refractivity contribution < 1.29 is 32.6 Å². The number of aromatic hydroxyl groups is 1. The van der Waals surface area contributed by atoms with Crippen LogP contribution in [0, 0.1) is 0 Å². The number of phenols is 1. The van der Waals surface area contributed by atoms with Gasteiger partial charge in [0.25, 0.3) is 5.91 Å². The average molecular weight is 408 g/mol. The van der Waals surface area contributed by atoms with Gasteiger partial charge in [-0.25, -0.2) is 4.79 Å². The molecule has 3 amide bonds. The number of amides is 3. The molecule has 154 valence electrons. The van der Waals surface area contributed by atoms with E-state index in [1.807, 2.05) is 0 Å². The molecule has 3 rings (SSSR count). The maximum Gasteiger partial charge on any atom is 0.417 e. The van der Waals surface area contributed by atoms with Crippen molar-refractivity contribution in [3.05, 3.63) is 59.2 Å². The number of nitrogens with zero attached hydrogens (tertiary/aromatic N) is 1. The van der Waals surface area contributed by atoms with Gasteiger partial charge in [-0.1, -0.05) is 30.3 Å². The van der Waals surface area contributed by atoms with Gasteiger partial charge in [-0.2, -0.15) is 13.2 Å². The molecule has 2 aromatic carbocycles. The summed E-state index contributed by atoms with van der Waals surface area (Å²) in [5.74, 6) is -2.23. The SMILES string of the molecule is COc1cc(C(F)(F)F)c(C(=O)N(Cc2ccccc2)C(=O)NC2CC2)cc1O. The Balaban J connectivity index is 2.02. The van der Waals surface area contributed by atoms with Crippen LogP contribution in [-0.4, -0.2) is 35.1 Å². The Bertz CT molecular complexity index is 912. The smallest absolute Gasteiger partial charge is 0.417 e. The number of halogens is 3. The summed E-state index contributed by atoms with van der Waals surface area (Å²) in [6.45, 7) is -0.220. The second-order valence-corrected chi connectivity index (χ2v) is 6.67. The van der Waals surface area contributed by atoms with Crippen LogP contribution in [-0.2, 0) is 12.7 Å². The number of carbonyl (C=O) groups excluding carboxylic acids is 2. The number of benzene rings is 2. The normalized spacial score (nSPS) is 13.7. The number of hydrogen-bond acceptors (Lipinski definition) is 4. The first-order chi connectivity index (χ1) is 13.7. The van der Waals surface area contributed by atoms with Crippen LogP contribution in [0.5, 0.6) is 11.5 Å². The first-order valence-electron chi connectivity index (χ1n) is 8.85. The third kappa shape index (κ3) is 4.79. The maximum atomic E-state index is 13.6. The van der Waals surface area contributed by atoms with Gasteiger partial charge in [0, 0.05) is 6.04 Å². The number of carbonyl (C=O) groups is 2. The molecular weight excluding hydrogens is 389 g/mol. The molecule has 2 N–H and O–H groups in total. The highest BCUT2D eigenvalue weighted by Gasteiger charge is 2.39. The molecule has 1 aliphatic rings. The van der Waals surface area contributed by atoms with Gasteiger partial charge in [0.15, 0.2) is 11.5 Å². The molecule has 2 aromatic rings. The third-order valence-electron chi connectivity index (χ3n) is 4.43. The fourth-order valence-electron chi connectivity index (χ4n) is 2.77. The third-order valence-corrected chi connectivity index (χ3v) is 4.43. The topological polar surface area (TPSA) is 78.9 Å². The van der Waals surface area contributed by atoms with E-state index < -0.39 is 40.7 Å². The molecule has 1 aliphatic carbocycles. The lowest BCUT2D eigenvalue weighted by molar-refractivity contribution is -0.138. The summed E-state index contributed by atoms with van der Waals surface area (Å²) in [5.41, 5.74) is -1.56. The quantitative estimate of drug-likeness (QED) is 0.786. The lowest BCUT2D eigenvalue weighted by Gasteiger charge is -2.24. The second kappa shape index (κ2) is 8.02. The largest absolute Gasteiger partial charge is 0.504 e. The molecule has 0 aliphatic heterocycles.